The average Bonchev–Trinajstić information content (AvgIpc) is 3.04. The Kier molecular flexibility index (Phi) is 5.49. The Balaban J connectivity index is 1.59. The zero-order valence-corrected chi connectivity index (χ0v) is 16.0. The molecule has 1 atom stereocenters. The lowest BCUT2D eigenvalue weighted by atomic mass is 10.2. The van der Waals surface area contributed by atoms with Gasteiger partial charge in [-0.05, 0) is 50.6 Å². The van der Waals surface area contributed by atoms with Gasteiger partial charge in [-0.2, -0.15) is 5.10 Å². The van der Waals surface area contributed by atoms with Crippen molar-refractivity contribution in [2.45, 2.75) is 33.4 Å². The number of carbonyl (C=O) groups is 1. The van der Waals surface area contributed by atoms with E-state index in [1.807, 2.05) is 57.2 Å². The molecule has 7 heteroatoms. The summed E-state index contributed by atoms with van der Waals surface area (Å²) in [7, 11) is 1.76. The number of urea groups is 1. The summed E-state index contributed by atoms with van der Waals surface area (Å²) >= 11 is 0. The maximum atomic E-state index is 12.4. The number of hydrogen-bond acceptors (Lipinski definition) is 4. The van der Waals surface area contributed by atoms with Crippen LogP contribution in [0.25, 0.3) is 5.82 Å². The van der Waals surface area contributed by atoms with Crippen molar-refractivity contribution in [2.75, 3.05) is 7.05 Å². The number of hydrogen-bond donors (Lipinski definition) is 1. The Hall–Kier alpha value is -3.22. The number of amides is 2. The third-order valence-corrected chi connectivity index (χ3v) is 4.50. The first kappa shape index (κ1) is 18.6. The Morgan fingerprint density at radius 1 is 1.22 bits per heavy atom. The van der Waals surface area contributed by atoms with Crippen LogP contribution in [0.5, 0.6) is 0 Å². The summed E-state index contributed by atoms with van der Waals surface area (Å²) in [6.45, 7) is 6.31. The van der Waals surface area contributed by atoms with E-state index in [9.17, 15) is 4.79 Å². The van der Waals surface area contributed by atoms with Gasteiger partial charge in [-0.15, -0.1) is 0 Å². The number of rotatable bonds is 5. The highest BCUT2D eigenvalue weighted by Gasteiger charge is 2.17. The van der Waals surface area contributed by atoms with Crippen LogP contribution in [0.3, 0.4) is 0 Å². The molecule has 0 fully saturated rings. The van der Waals surface area contributed by atoms with Crippen LogP contribution in [-0.4, -0.2) is 37.7 Å². The maximum absolute atomic E-state index is 12.4. The first-order valence-corrected chi connectivity index (χ1v) is 8.86. The largest absolute Gasteiger partial charge is 0.334 e. The van der Waals surface area contributed by atoms with Crippen LogP contribution in [0.15, 0.2) is 48.8 Å². The van der Waals surface area contributed by atoms with E-state index < -0.39 is 0 Å². The van der Waals surface area contributed by atoms with Crippen LogP contribution in [0.2, 0.25) is 0 Å². The van der Waals surface area contributed by atoms with Crippen LogP contribution in [0.1, 0.15) is 35.6 Å². The van der Waals surface area contributed by atoms with E-state index in [4.69, 9.17) is 0 Å². The van der Waals surface area contributed by atoms with Crippen LogP contribution in [0, 0.1) is 13.8 Å². The molecule has 0 saturated heterocycles. The van der Waals surface area contributed by atoms with Gasteiger partial charge in [0.25, 0.3) is 0 Å². The Bertz CT molecular complexity index is 904. The van der Waals surface area contributed by atoms with Crippen molar-refractivity contribution >= 4 is 6.03 Å². The highest BCUT2D eigenvalue weighted by molar-refractivity contribution is 5.74. The van der Waals surface area contributed by atoms with Gasteiger partial charge in [0.05, 0.1) is 17.4 Å². The molecule has 0 aliphatic carbocycles. The molecule has 0 radical (unpaired) electrons. The first-order chi connectivity index (χ1) is 13.0. The highest BCUT2D eigenvalue weighted by Crippen LogP contribution is 2.16. The van der Waals surface area contributed by atoms with Gasteiger partial charge in [0, 0.05) is 31.7 Å². The fraction of sp³-hybridized carbons (Fsp3) is 0.300. The number of carbonyl (C=O) groups excluding carboxylic acids is 1. The number of pyridine rings is 2. The molecule has 3 aromatic rings. The van der Waals surface area contributed by atoms with Crippen LogP contribution < -0.4 is 5.32 Å². The molecule has 2 amide bonds. The minimum absolute atomic E-state index is 0.113. The van der Waals surface area contributed by atoms with Crippen molar-refractivity contribution in [3.8, 4) is 5.82 Å². The molecule has 3 aromatic heterocycles. The Labute approximate surface area is 159 Å². The maximum Gasteiger partial charge on any atom is 0.317 e. The summed E-state index contributed by atoms with van der Waals surface area (Å²) in [4.78, 5) is 22.8. The van der Waals surface area contributed by atoms with Crippen LogP contribution in [-0.2, 0) is 6.54 Å². The van der Waals surface area contributed by atoms with Gasteiger partial charge in [-0.1, -0.05) is 12.1 Å². The molecule has 3 heterocycles. The van der Waals surface area contributed by atoms with Gasteiger partial charge < -0.3 is 10.2 Å². The molecule has 140 valence electrons. The fourth-order valence-corrected chi connectivity index (χ4v) is 2.81. The summed E-state index contributed by atoms with van der Waals surface area (Å²) in [5, 5.41) is 7.35. The molecule has 0 aromatic carbocycles. The van der Waals surface area contributed by atoms with Crippen molar-refractivity contribution in [2.24, 2.45) is 0 Å². The number of nitrogens with one attached hydrogen (secondary N) is 1. The average molecular weight is 364 g/mol. The van der Waals surface area contributed by atoms with Gasteiger partial charge in [-0.25, -0.2) is 14.5 Å². The lowest BCUT2D eigenvalue weighted by molar-refractivity contribution is 0.193. The monoisotopic (exact) mass is 364 g/mol. The summed E-state index contributed by atoms with van der Waals surface area (Å²) in [5.41, 5.74) is 3.76. The number of nitrogens with zero attached hydrogens (tertiary/aromatic N) is 5. The second-order valence-electron chi connectivity index (χ2n) is 6.56. The minimum Gasteiger partial charge on any atom is -0.334 e. The van der Waals surface area contributed by atoms with E-state index in [0.29, 0.717) is 6.54 Å². The lowest BCUT2D eigenvalue weighted by Gasteiger charge is -2.24. The topological polar surface area (TPSA) is 75.9 Å². The van der Waals surface area contributed by atoms with Crippen molar-refractivity contribution in [3.63, 3.8) is 0 Å². The molecule has 7 nitrogen and oxygen atoms in total. The van der Waals surface area contributed by atoms with E-state index >= 15 is 0 Å². The number of aryl methyl sites for hydroxylation is 2. The minimum atomic E-state index is -0.157. The highest BCUT2D eigenvalue weighted by atomic mass is 16.2. The lowest BCUT2D eigenvalue weighted by Crippen LogP contribution is -2.38. The van der Waals surface area contributed by atoms with Gasteiger partial charge in [0.15, 0.2) is 5.82 Å². The molecule has 3 rings (SSSR count). The molecule has 1 N–H and O–H groups in total. The Morgan fingerprint density at radius 3 is 2.63 bits per heavy atom. The quantitative estimate of drug-likeness (QED) is 0.754. The zero-order chi connectivity index (χ0) is 19.4. The molecule has 1 unspecified atom stereocenters. The normalized spacial score (nSPS) is 11.9. The van der Waals surface area contributed by atoms with E-state index in [2.05, 4.69) is 20.4 Å². The predicted octanol–water partition coefficient (Wildman–Crippen LogP) is 3.18. The third-order valence-electron chi connectivity index (χ3n) is 4.50. The summed E-state index contributed by atoms with van der Waals surface area (Å²) in [5.74, 6) is 0.761. The van der Waals surface area contributed by atoms with Crippen LogP contribution in [0.4, 0.5) is 4.79 Å². The fourth-order valence-electron chi connectivity index (χ4n) is 2.81. The van der Waals surface area contributed by atoms with Gasteiger partial charge in [0.2, 0.25) is 0 Å². The zero-order valence-electron chi connectivity index (χ0n) is 16.0. The van der Waals surface area contributed by atoms with Crippen molar-refractivity contribution < 1.29 is 4.79 Å². The second kappa shape index (κ2) is 7.99. The molecule has 0 saturated carbocycles. The summed E-state index contributed by atoms with van der Waals surface area (Å²) in [6, 6.07) is 11.3. The molecule has 0 aliphatic rings. The molecular weight excluding hydrogens is 340 g/mol. The molecule has 0 aliphatic heterocycles. The van der Waals surface area contributed by atoms with E-state index in [1.54, 1.807) is 29.0 Å². The molecule has 0 bridgehead atoms. The van der Waals surface area contributed by atoms with Crippen molar-refractivity contribution in [3.05, 3.63) is 71.4 Å². The summed E-state index contributed by atoms with van der Waals surface area (Å²) in [6.07, 6.45) is 3.49. The van der Waals surface area contributed by atoms with E-state index in [-0.39, 0.29) is 12.1 Å². The van der Waals surface area contributed by atoms with E-state index in [0.717, 1.165) is 28.5 Å². The summed E-state index contributed by atoms with van der Waals surface area (Å²) < 4.78 is 1.81. The number of aromatic nitrogens is 4. The van der Waals surface area contributed by atoms with Crippen molar-refractivity contribution in [1.82, 2.24) is 30.0 Å². The second-order valence-corrected chi connectivity index (χ2v) is 6.56. The van der Waals surface area contributed by atoms with E-state index in [1.165, 1.54) is 0 Å². The Morgan fingerprint density at radius 2 is 2.04 bits per heavy atom. The molecule has 0 spiro atoms. The SMILES string of the molecule is Cc1cc(C)n(-c2ccc(CNC(=O)N(C)C(C)c3ccccn3)cn2)n1. The molecular formula is C20H24N6O. The van der Waals surface area contributed by atoms with Crippen LogP contribution >= 0.6 is 0 Å². The van der Waals surface area contributed by atoms with Crippen molar-refractivity contribution in [1.29, 1.82) is 0 Å². The first-order valence-electron chi connectivity index (χ1n) is 8.86. The standard InChI is InChI=1S/C20H24N6O/c1-14-11-15(2)26(24-14)19-9-8-17(12-22-19)13-23-20(27)25(4)16(3)18-7-5-6-10-21-18/h5-12,16H,13H2,1-4H3,(H,23,27). The van der Waals surface area contributed by atoms with Gasteiger partial charge in [0.1, 0.15) is 0 Å². The van der Waals surface area contributed by atoms with Gasteiger partial charge >= 0.3 is 6.03 Å². The van der Waals surface area contributed by atoms with Gasteiger partial charge in [-0.3, -0.25) is 4.98 Å². The molecule has 27 heavy (non-hydrogen) atoms. The predicted molar refractivity (Wildman–Crippen MR) is 103 cm³/mol. The third kappa shape index (κ3) is 4.31. The smallest absolute Gasteiger partial charge is 0.317 e.